The lowest BCUT2D eigenvalue weighted by Crippen LogP contribution is -2.27. The second-order valence-corrected chi connectivity index (χ2v) is 6.18. The van der Waals surface area contributed by atoms with E-state index in [4.69, 9.17) is 15.4 Å². The number of nitriles is 1. The lowest BCUT2D eigenvalue weighted by Gasteiger charge is -2.21. The Hall–Kier alpha value is -3.52. The molecule has 0 saturated carbocycles. The summed E-state index contributed by atoms with van der Waals surface area (Å²) in [4.78, 5) is 13.4. The number of rotatable bonds is 7. The number of primary amides is 1. The summed E-state index contributed by atoms with van der Waals surface area (Å²) >= 11 is 0. The highest BCUT2D eigenvalue weighted by molar-refractivity contribution is 6.00. The van der Waals surface area contributed by atoms with Crippen LogP contribution in [-0.4, -0.2) is 23.9 Å². The lowest BCUT2D eigenvalue weighted by atomic mass is 10.1. The van der Waals surface area contributed by atoms with E-state index in [-0.39, 0.29) is 5.57 Å². The molecular formula is C25H31N3O2. The normalized spacial score (nSPS) is 12.1. The molecule has 0 bridgehead atoms. The Morgan fingerprint density at radius 3 is 2.40 bits per heavy atom. The monoisotopic (exact) mass is 405 g/mol. The van der Waals surface area contributed by atoms with Crippen molar-refractivity contribution in [1.29, 1.82) is 5.26 Å². The second kappa shape index (κ2) is 12.1. The van der Waals surface area contributed by atoms with Crippen LogP contribution in [0.5, 0.6) is 0 Å². The van der Waals surface area contributed by atoms with E-state index in [0.717, 1.165) is 34.8 Å². The Morgan fingerprint density at radius 2 is 1.90 bits per heavy atom. The third-order valence-electron chi connectivity index (χ3n) is 4.45. The summed E-state index contributed by atoms with van der Waals surface area (Å²) in [5, 5.41) is 10.9. The first kappa shape index (κ1) is 24.5. The number of furan rings is 1. The molecule has 0 radical (unpaired) electrons. The Bertz CT molecular complexity index is 1060. The number of nitrogens with two attached hydrogens (primary N) is 1. The van der Waals surface area contributed by atoms with E-state index in [2.05, 4.69) is 37.5 Å². The van der Waals surface area contributed by atoms with Gasteiger partial charge in [-0.2, -0.15) is 5.26 Å². The maximum absolute atomic E-state index is 11.2. The molecule has 0 spiro atoms. The zero-order valence-corrected chi connectivity index (χ0v) is 18.5. The summed E-state index contributed by atoms with van der Waals surface area (Å²) in [7, 11) is 0. The Kier molecular flexibility index (Phi) is 9.91. The fourth-order valence-corrected chi connectivity index (χ4v) is 2.89. The van der Waals surface area contributed by atoms with E-state index in [0.29, 0.717) is 11.5 Å². The van der Waals surface area contributed by atoms with Crippen molar-refractivity contribution in [1.82, 2.24) is 4.90 Å². The Balaban J connectivity index is 0.00000218. The molecule has 0 saturated heterocycles. The first-order chi connectivity index (χ1) is 14.4. The molecule has 1 aromatic heterocycles. The van der Waals surface area contributed by atoms with E-state index in [1.165, 1.54) is 6.08 Å². The number of hydrogen-bond acceptors (Lipinski definition) is 4. The van der Waals surface area contributed by atoms with E-state index in [1.807, 2.05) is 39.0 Å². The number of allylic oxidation sites excluding steroid dienone is 2. The summed E-state index contributed by atoms with van der Waals surface area (Å²) < 4.78 is 5.73. The van der Waals surface area contributed by atoms with Gasteiger partial charge in [-0.1, -0.05) is 38.6 Å². The molecule has 0 aliphatic rings. The van der Waals surface area contributed by atoms with Crippen LogP contribution in [0.4, 0.5) is 0 Å². The molecule has 0 atom stereocenters. The maximum atomic E-state index is 11.2. The highest BCUT2D eigenvalue weighted by atomic mass is 16.3. The van der Waals surface area contributed by atoms with Crippen molar-refractivity contribution in [2.45, 2.75) is 34.6 Å². The maximum Gasteiger partial charge on any atom is 0.259 e. The van der Waals surface area contributed by atoms with Gasteiger partial charge in [-0.3, -0.25) is 4.79 Å². The van der Waals surface area contributed by atoms with Crippen molar-refractivity contribution >= 4 is 24.6 Å². The average molecular weight is 406 g/mol. The fourth-order valence-electron chi connectivity index (χ4n) is 2.89. The van der Waals surface area contributed by atoms with Crippen LogP contribution in [0.1, 0.15) is 40.4 Å². The molecule has 5 nitrogen and oxygen atoms in total. The van der Waals surface area contributed by atoms with Gasteiger partial charge in [-0.25, -0.2) is 0 Å². The standard InChI is InChI=1S/C23H25N3O2.C2H6/c1-5-20(26(6-2)7-3)13-17-8-9-18(12-16(17)4)22-11-10-21(28-22)14-19(15-24)23(25)27;1-2/h5,8-14H,4,6-7H2,1-3H3,(H2,25,27);1-2H3/b17-13-,19-14+,20-5+;. The van der Waals surface area contributed by atoms with Gasteiger partial charge in [0.05, 0.1) is 0 Å². The molecule has 1 amide bonds. The zero-order valence-electron chi connectivity index (χ0n) is 18.5. The average Bonchev–Trinajstić information content (AvgIpc) is 3.23. The molecule has 2 N–H and O–H groups in total. The molecule has 0 unspecified atom stereocenters. The van der Waals surface area contributed by atoms with Crippen LogP contribution >= 0.6 is 0 Å². The van der Waals surface area contributed by atoms with Gasteiger partial charge in [-0.05, 0) is 55.5 Å². The number of nitrogens with zero attached hydrogens (tertiary/aromatic N) is 2. The first-order valence-electron chi connectivity index (χ1n) is 10.2. The summed E-state index contributed by atoms with van der Waals surface area (Å²) in [5.41, 5.74) is 7.02. The van der Waals surface area contributed by atoms with Crippen molar-refractivity contribution in [3.8, 4) is 17.4 Å². The minimum atomic E-state index is -0.784. The van der Waals surface area contributed by atoms with E-state index in [1.54, 1.807) is 18.2 Å². The van der Waals surface area contributed by atoms with Crippen LogP contribution in [0, 0.1) is 11.3 Å². The number of hydrogen-bond donors (Lipinski definition) is 1. The Labute approximate surface area is 179 Å². The third-order valence-corrected chi connectivity index (χ3v) is 4.45. The molecule has 158 valence electrons. The van der Waals surface area contributed by atoms with Crippen molar-refractivity contribution < 1.29 is 9.21 Å². The molecule has 0 aliphatic carbocycles. The zero-order chi connectivity index (χ0) is 22.7. The van der Waals surface area contributed by atoms with Gasteiger partial charge in [0.25, 0.3) is 5.91 Å². The van der Waals surface area contributed by atoms with Crippen molar-refractivity contribution in [3.63, 3.8) is 0 Å². The minimum Gasteiger partial charge on any atom is -0.457 e. The van der Waals surface area contributed by atoms with Crippen molar-refractivity contribution in [2.24, 2.45) is 5.73 Å². The van der Waals surface area contributed by atoms with Gasteiger partial charge in [0.15, 0.2) is 0 Å². The van der Waals surface area contributed by atoms with Crippen LogP contribution < -0.4 is 16.2 Å². The number of benzene rings is 1. The molecular weight excluding hydrogens is 374 g/mol. The predicted molar refractivity (Wildman–Crippen MR) is 124 cm³/mol. The van der Waals surface area contributed by atoms with E-state index in [9.17, 15) is 4.79 Å². The quantitative estimate of drug-likeness (QED) is 0.561. The number of carbonyl (C=O) groups excluding carboxylic acids is 1. The van der Waals surface area contributed by atoms with Gasteiger partial charge >= 0.3 is 0 Å². The van der Waals surface area contributed by atoms with Crippen LogP contribution in [0.2, 0.25) is 0 Å². The molecule has 0 fully saturated rings. The summed E-state index contributed by atoms with van der Waals surface area (Å²) in [6, 6.07) is 11.2. The minimum absolute atomic E-state index is 0.154. The predicted octanol–water partition coefficient (Wildman–Crippen LogP) is 3.80. The summed E-state index contributed by atoms with van der Waals surface area (Å²) in [5.74, 6) is 0.233. The number of amides is 1. The largest absolute Gasteiger partial charge is 0.457 e. The highest BCUT2D eigenvalue weighted by Gasteiger charge is 2.08. The molecule has 5 heteroatoms. The molecule has 2 rings (SSSR count). The lowest BCUT2D eigenvalue weighted by molar-refractivity contribution is -0.114. The Morgan fingerprint density at radius 1 is 1.23 bits per heavy atom. The SMILES string of the molecule is C=c1cc(-c2ccc(/C=C(\C#N)C(N)=O)o2)cc/c1=C/C(=C\C)N(CC)CC.CC. The van der Waals surface area contributed by atoms with Gasteiger partial charge in [0, 0.05) is 30.4 Å². The molecule has 30 heavy (non-hydrogen) atoms. The highest BCUT2D eigenvalue weighted by Crippen LogP contribution is 2.21. The fraction of sp³-hybridized carbons (Fsp3) is 0.280. The van der Waals surface area contributed by atoms with Gasteiger partial charge in [-0.15, -0.1) is 0 Å². The van der Waals surface area contributed by atoms with Gasteiger partial charge in [0.2, 0.25) is 0 Å². The second-order valence-electron chi connectivity index (χ2n) is 6.18. The topological polar surface area (TPSA) is 83.3 Å². The molecule has 1 aromatic carbocycles. The van der Waals surface area contributed by atoms with Gasteiger partial charge < -0.3 is 15.1 Å². The van der Waals surface area contributed by atoms with Crippen molar-refractivity contribution in [3.05, 3.63) is 63.9 Å². The van der Waals surface area contributed by atoms with Crippen LogP contribution in [-0.2, 0) is 4.79 Å². The van der Waals surface area contributed by atoms with E-state index >= 15 is 0 Å². The van der Waals surface area contributed by atoms with Crippen LogP contribution in [0.25, 0.3) is 30.1 Å². The molecule has 0 aliphatic heterocycles. The number of carbonyl (C=O) groups is 1. The third kappa shape index (κ3) is 6.25. The first-order valence-corrected chi connectivity index (χ1v) is 10.2. The van der Waals surface area contributed by atoms with Gasteiger partial charge in [0.1, 0.15) is 23.2 Å². The van der Waals surface area contributed by atoms with Crippen LogP contribution in [0.15, 0.2) is 52.1 Å². The van der Waals surface area contributed by atoms with Crippen LogP contribution in [0.3, 0.4) is 0 Å². The smallest absolute Gasteiger partial charge is 0.259 e. The molecule has 2 aromatic rings. The van der Waals surface area contributed by atoms with E-state index < -0.39 is 5.91 Å². The van der Waals surface area contributed by atoms with Crippen molar-refractivity contribution in [2.75, 3.05) is 13.1 Å². The summed E-state index contributed by atoms with van der Waals surface area (Å²) in [6.45, 7) is 16.3. The summed E-state index contributed by atoms with van der Waals surface area (Å²) in [6.07, 6.45) is 5.56. The molecule has 1 heterocycles.